The molecule has 11 heteroatoms. The van der Waals surface area contributed by atoms with Crippen molar-refractivity contribution in [3.63, 3.8) is 0 Å². The number of aliphatic carboxylic acids is 1. The number of thioether (sulfide) groups is 1. The second-order valence-corrected chi connectivity index (χ2v) is 7.43. The van der Waals surface area contributed by atoms with Gasteiger partial charge in [-0.25, -0.2) is 4.79 Å². The molecule has 0 spiro atoms. The summed E-state index contributed by atoms with van der Waals surface area (Å²) in [5, 5.41) is 11.6. The molecule has 2 heterocycles. The Morgan fingerprint density at radius 1 is 1.34 bits per heavy atom. The Kier molecular flexibility index (Phi) is 7.89. The summed E-state index contributed by atoms with van der Waals surface area (Å²) in [5.74, 6) is -2.62. The van der Waals surface area contributed by atoms with Crippen LogP contribution in [0.2, 0.25) is 0 Å². The Hall–Kier alpha value is -1.85. The van der Waals surface area contributed by atoms with Gasteiger partial charge < -0.3 is 20.9 Å². The Morgan fingerprint density at radius 2 is 2.00 bits per heavy atom. The molecule has 0 bridgehead atoms. The van der Waals surface area contributed by atoms with Crippen LogP contribution >= 0.6 is 11.8 Å². The van der Waals surface area contributed by atoms with E-state index in [9.17, 15) is 24.3 Å². The van der Waals surface area contributed by atoms with Crippen LogP contribution in [0.5, 0.6) is 0 Å². The molecule has 1 saturated heterocycles. The number of amides is 2. The van der Waals surface area contributed by atoms with E-state index in [-0.39, 0.29) is 47.6 Å². The summed E-state index contributed by atoms with van der Waals surface area (Å²) in [7, 11) is 0. The van der Waals surface area contributed by atoms with E-state index in [4.69, 9.17) is 10.5 Å². The van der Waals surface area contributed by atoms with Crippen LogP contribution in [-0.2, 0) is 23.9 Å². The first kappa shape index (κ1) is 23.4. The second kappa shape index (κ2) is 9.77. The number of hydrogen-bond acceptors (Lipinski definition) is 7. The standard InChI is InChI=1S/C18H19N3O6S.Na.H/c1-9(22)27-7-11-8-28-17-13(16(24)21(17)14(11)18(25)26)20-15(23)12(19)10-5-3-2-4-6-10;;/h2-6,12-13,17H,7-8,19H2,1H3,(H,20,23)(H,25,26);;/t12-,13-,17-;;/m1../s1. The van der Waals surface area contributed by atoms with Gasteiger partial charge in [-0.3, -0.25) is 19.3 Å². The van der Waals surface area contributed by atoms with E-state index in [1.807, 2.05) is 0 Å². The number of β-lactam (4-membered cyclic amide) rings is 1. The van der Waals surface area contributed by atoms with Gasteiger partial charge in [-0.2, -0.15) is 0 Å². The van der Waals surface area contributed by atoms with Gasteiger partial charge in [0.05, 0.1) is 0 Å². The number of carboxylic acid groups (broad SMARTS) is 1. The fraction of sp³-hybridized carbons (Fsp3) is 0.333. The van der Waals surface area contributed by atoms with E-state index in [2.05, 4.69) is 5.32 Å². The SMILES string of the molecule is CC(=O)OCC1=C(C(=O)O)N2C(=O)[C@@H](NC(=O)[C@H](N)c3ccccc3)[C@H]2SC1.[NaH]. The molecule has 2 aliphatic rings. The number of nitrogens with zero attached hydrogens (tertiary/aromatic N) is 1. The summed E-state index contributed by atoms with van der Waals surface area (Å²) in [6.45, 7) is 1.02. The predicted molar refractivity (Wildman–Crippen MR) is 107 cm³/mol. The zero-order chi connectivity index (χ0) is 20.4. The Balaban J connectivity index is 0.00000300. The van der Waals surface area contributed by atoms with Gasteiger partial charge in [0, 0.05) is 18.2 Å². The van der Waals surface area contributed by atoms with Crippen LogP contribution in [0.3, 0.4) is 0 Å². The Labute approximate surface area is 193 Å². The van der Waals surface area contributed by atoms with Crippen LogP contribution in [-0.4, -0.2) is 87.1 Å². The zero-order valence-electron chi connectivity index (χ0n) is 15.0. The molecule has 2 amide bonds. The van der Waals surface area contributed by atoms with Crippen molar-refractivity contribution in [3.05, 3.63) is 47.2 Å². The van der Waals surface area contributed by atoms with E-state index < -0.39 is 41.2 Å². The first-order valence-corrected chi connectivity index (χ1v) is 9.50. The maximum atomic E-state index is 12.5. The van der Waals surface area contributed by atoms with E-state index >= 15 is 0 Å². The number of carbonyl (C=O) groups excluding carboxylic acids is 3. The third-order valence-electron chi connectivity index (χ3n) is 4.44. The maximum absolute atomic E-state index is 12.5. The molecule has 1 fully saturated rings. The van der Waals surface area contributed by atoms with Crippen LogP contribution in [0.1, 0.15) is 18.5 Å². The summed E-state index contributed by atoms with van der Waals surface area (Å²) in [4.78, 5) is 48.7. The Bertz CT molecular complexity index is 862. The molecule has 0 unspecified atom stereocenters. The average Bonchev–Trinajstić information content (AvgIpc) is 2.69. The number of nitrogens with two attached hydrogens (primary N) is 1. The van der Waals surface area contributed by atoms with Crippen molar-refractivity contribution in [2.75, 3.05) is 12.4 Å². The van der Waals surface area contributed by atoms with E-state index in [1.54, 1.807) is 30.3 Å². The number of ether oxygens (including phenoxy) is 1. The summed E-state index contributed by atoms with van der Waals surface area (Å²) in [5.41, 5.74) is 6.69. The fourth-order valence-electron chi connectivity index (χ4n) is 3.04. The van der Waals surface area contributed by atoms with Gasteiger partial charge in [0.2, 0.25) is 5.91 Å². The number of nitrogens with one attached hydrogen (secondary N) is 1. The molecule has 3 rings (SSSR count). The van der Waals surface area contributed by atoms with Crippen LogP contribution in [0, 0.1) is 0 Å². The average molecular weight is 429 g/mol. The molecule has 3 atom stereocenters. The third kappa shape index (κ3) is 4.84. The molecular weight excluding hydrogens is 409 g/mol. The van der Waals surface area contributed by atoms with Crippen LogP contribution < -0.4 is 11.1 Å². The predicted octanol–water partition coefficient (Wildman–Crippen LogP) is -0.660. The molecule has 0 aromatic heterocycles. The van der Waals surface area contributed by atoms with Gasteiger partial charge in [-0.05, 0) is 5.56 Å². The number of benzene rings is 1. The third-order valence-corrected chi connectivity index (χ3v) is 5.78. The van der Waals surface area contributed by atoms with Crippen LogP contribution in [0.25, 0.3) is 0 Å². The normalized spacial score (nSPS) is 21.3. The summed E-state index contributed by atoms with van der Waals surface area (Å²) >= 11 is 1.29. The van der Waals surface area contributed by atoms with Crippen molar-refractivity contribution in [2.24, 2.45) is 5.73 Å². The Morgan fingerprint density at radius 3 is 2.59 bits per heavy atom. The zero-order valence-corrected chi connectivity index (χ0v) is 15.8. The first-order valence-electron chi connectivity index (χ1n) is 8.45. The van der Waals surface area contributed by atoms with Crippen LogP contribution in [0.4, 0.5) is 0 Å². The van der Waals surface area contributed by atoms with E-state index in [0.29, 0.717) is 11.1 Å². The number of rotatable bonds is 6. The summed E-state index contributed by atoms with van der Waals surface area (Å²) in [6.07, 6.45) is 0. The van der Waals surface area contributed by atoms with Crippen molar-refractivity contribution in [1.29, 1.82) is 0 Å². The van der Waals surface area contributed by atoms with Gasteiger partial charge >= 0.3 is 41.5 Å². The number of hydrogen-bond donors (Lipinski definition) is 3. The van der Waals surface area contributed by atoms with Crippen molar-refractivity contribution < 1.29 is 29.0 Å². The van der Waals surface area contributed by atoms with Gasteiger partial charge in [-0.1, -0.05) is 30.3 Å². The van der Waals surface area contributed by atoms with Gasteiger partial charge in [0.25, 0.3) is 5.91 Å². The molecule has 29 heavy (non-hydrogen) atoms. The van der Waals surface area contributed by atoms with Gasteiger partial charge in [0.15, 0.2) is 0 Å². The van der Waals surface area contributed by atoms with Crippen molar-refractivity contribution in [1.82, 2.24) is 10.2 Å². The number of carboxylic acids is 1. The summed E-state index contributed by atoms with van der Waals surface area (Å²) < 4.78 is 4.88. The molecule has 0 aliphatic carbocycles. The van der Waals surface area contributed by atoms with E-state index in [0.717, 1.165) is 4.90 Å². The van der Waals surface area contributed by atoms with E-state index in [1.165, 1.54) is 18.7 Å². The monoisotopic (exact) mass is 429 g/mol. The van der Waals surface area contributed by atoms with Crippen molar-refractivity contribution >= 4 is 65.1 Å². The van der Waals surface area contributed by atoms with Gasteiger partial charge in [0.1, 0.15) is 29.8 Å². The quantitative estimate of drug-likeness (QED) is 0.308. The van der Waals surface area contributed by atoms with Crippen molar-refractivity contribution in [3.8, 4) is 0 Å². The number of fused-ring (bicyclic) bond motifs is 1. The molecule has 0 saturated carbocycles. The minimum atomic E-state index is -1.29. The molecule has 2 aliphatic heterocycles. The molecule has 150 valence electrons. The summed E-state index contributed by atoms with van der Waals surface area (Å²) in [6, 6.07) is 6.92. The molecule has 1 aromatic rings. The number of carbonyl (C=O) groups is 4. The molecular formula is C18H20N3NaO6S. The molecule has 0 radical (unpaired) electrons. The van der Waals surface area contributed by atoms with Crippen molar-refractivity contribution in [2.45, 2.75) is 24.4 Å². The molecule has 1 aromatic carbocycles. The van der Waals surface area contributed by atoms with Gasteiger partial charge in [-0.15, -0.1) is 11.8 Å². The minimum absolute atomic E-state index is 0. The number of esters is 1. The van der Waals surface area contributed by atoms with Crippen LogP contribution in [0.15, 0.2) is 41.6 Å². The topological polar surface area (TPSA) is 139 Å². The second-order valence-electron chi connectivity index (χ2n) is 6.32. The molecule has 9 nitrogen and oxygen atoms in total. The fourth-order valence-corrected chi connectivity index (χ4v) is 4.37. The first-order chi connectivity index (χ1) is 13.3. The molecule has 4 N–H and O–H groups in total.